The Morgan fingerprint density at radius 1 is 1.21 bits per heavy atom. The lowest BCUT2D eigenvalue weighted by Crippen LogP contribution is -2.13. The quantitative estimate of drug-likeness (QED) is 0.263. The number of hydrogen-bond donors (Lipinski definition) is 3. The fourth-order valence-corrected chi connectivity index (χ4v) is 2.42. The van der Waals surface area contributed by atoms with E-state index in [9.17, 15) is 4.79 Å². The van der Waals surface area contributed by atoms with E-state index in [1.165, 1.54) is 0 Å². The monoisotopic (exact) mass is 395 g/mol. The molecule has 1 aromatic heterocycles. The van der Waals surface area contributed by atoms with Gasteiger partial charge < -0.3 is 10.1 Å². The number of aromatic nitrogens is 2. The van der Waals surface area contributed by atoms with Gasteiger partial charge >= 0.3 is 0 Å². The molecule has 29 heavy (non-hydrogen) atoms. The van der Waals surface area contributed by atoms with E-state index in [4.69, 9.17) is 9.94 Å². The van der Waals surface area contributed by atoms with Gasteiger partial charge in [-0.3, -0.25) is 20.5 Å². The number of para-hydroxylation sites is 1. The molecule has 2 aromatic carbocycles. The molecule has 0 aliphatic carbocycles. The molecule has 152 valence electrons. The van der Waals surface area contributed by atoms with Crippen LogP contribution in [0.4, 0.5) is 11.5 Å². The van der Waals surface area contributed by atoms with Crippen molar-refractivity contribution < 1.29 is 14.7 Å². The lowest BCUT2D eigenvalue weighted by Gasteiger charge is -2.12. The number of ether oxygens (including phenoxy) is 1. The van der Waals surface area contributed by atoms with Crippen molar-refractivity contribution in [1.82, 2.24) is 15.3 Å². The molecule has 8 nitrogen and oxygen atoms in total. The van der Waals surface area contributed by atoms with Crippen LogP contribution in [0.5, 0.6) is 5.75 Å². The van der Waals surface area contributed by atoms with Crippen LogP contribution in [-0.2, 0) is 0 Å². The average Bonchev–Trinajstić information content (AvgIpc) is 3.14. The first-order chi connectivity index (χ1) is 14.0. The maximum Gasteiger partial charge on any atom is 0.152 e. The number of amidine groups is 1. The first-order valence-corrected chi connectivity index (χ1v) is 8.88. The third-order valence-electron chi connectivity index (χ3n) is 3.98. The first-order valence-electron chi connectivity index (χ1n) is 8.88. The van der Waals surface area contributed by atoms with E-state index >= 15 is 0 Å². The summed E-state index contributed by atoms with van der Waals surface area (Å²) in [7, 11) is 3.17. The fraction of sp³-hybridized carbons (Fsp3) is 0.190. The standard InChI is InChI=1S/C18H17N3O2.C3H8N2O/c1-13-10-18(21(20-13)15-6-4-3-5-7-15)19-17-9-8-16(23-2)11-14(17)12-22;1-3(4-2)5-6/h3-12,19H,1-2H3;6H,1-2H3,(H,4,5). The maximum atomic E-state index is 11.3. The molecule has 0 saturated carbocycles. The smallest absolute Gasteiger partial charge is 0.152 e. The Kier molecular flexibility index (Phi) is 7.93. The van der Waals surface area contributed by atoms with Crippen LogP contribution in [0.3, 0.4) is 0 Å². The number of aryl methyl sites for hydroxylation is 1. The minimum atomic E-state index is 0.523. The summed E-state index contributed by atoms with van der Waals surface area (Å²) in [4.78, 5) is 14.9. The molecule has 0 aliphatic rings. The normalized spacial score (nSPS) is 10.6. The average molecular weight is 395 g/mol. The summed E-state index contributed by atoms with van der Waals surface area (Å²) >= 11 is 0. The molecule has 3 aromatic rings. The van der Waals surface area contributed by atoms with Gasteiger partial charge in [-0.15, -0.1) is 0 Å². The Hall–Kier alpha value is -3.65. The summed E-state index contributed by atoms with van der Waals surface area (Å²) < 4.78 is 6.97. The van der Waals surface area contributed by atoms with Crippen molar-refractivity contribution >= 4 is 23.6 Å². The number of hydrogen-bond acceptors (Lipinski definition) is 6. The number of nitrogens with one attached hydrogen (secondary N) is 2. The van der Waals surface area contributed by atoms with Crippen LogP contribution in [0.1, 0.15) is 23.0 Å². The van der Waals surface area contributed by atoms with E-state index in [1.54, 1.807) is 27.1 Å². The minimum Gasteiger partial charge on any atom is -0.497 e. The third-order valence-corrected chi connectivity index (χ3v) is 3.98. The highest BCUT2D eigenvalue weighted by molar-refractivity contribution is 5.86. The van der Waals surface area contributed by atoms with Crippen molar-refractivity contribution in [2.24, 2.45) is 4.99 Å². The van der Waals surface area contributed by atoms with Crippen LogP contribution in [-0.4, -0.2) is 41.3 Å². The van der Waals surface area contributed by atoms with Crippen molar-refractivity contribution in [2.75, 3.05) is 19.5 Å². The number of rotatable bonds is 5. The van der Waals surface area contributed by atoms with Gasteiger partial charge in [0.25, 0.3) is 0 Å². The Balaban J connectivity index is 0.000000438. The van der Waals surface area contributed by atoms with Gasteiger partial charge in [-0.1, -0.05) is 18.2 Å². The van der Waals surface area contributed by atoms with Crippen LogP contribution in [0, 0.1) is 6.92 Å². The van der Waals surface area contributed by atoms with E-state index in [-0.39, 0.29) is 0 Å². The predicted octanol–water partition coefficient (Wildman–Crippen LogP) is 3.76. The van der Waals surface area contributed by atoms with Crippen molar-refractivity contribution in [3.05, 3.63) is 65.9 Å². The maximum absolute atomic E-state index is 11.3. The number of aldehydes is 1. The van der Waals surface area contributed by atoms with Crippen molar-refractivity contribution in [2.45, 2.75) is 13.8 Å². The Labute approximate surface area is 169 Å². The summed E-state index contributed by atoms with van der Waals surface area (Å²) in [5, 5.41) is 15.7. The number of nitrogens with zero attached hydrogens (tertiary/aromatic N) is 3. The van der Waals surface area contributed by atoms with Gasteiger partial charge in [0, 0.05) is 18.7 Å². The second-order valence-electron chi connectivity index (χ2n) is 6.04. The molecule has 0 atom stereocenters. The highest BCUT2D eigenvalue weighted by atomic mass is 16.5. The van der Waals surface area contributed by atoms with E-state index in [2.05, 4.69) is 15.4 Å². The van der Waals surface area contributed by atoms with Crippen LogP contribution in [0.25, 0.3) is 5.69 Å². The van der Waals surface area contributed by atoms with E-state index < -0.39 is 0 Å². The SMILES string of the molecule is CN=C(C)NO.COc1ccc(Nc2cc(C)nn2-c2ccccc2)c(C=O)c1. The lowest BCUT2D eigenvalue weighted by molar-refractivity contribution is 0.112. The zero-order valence-corrected chi connectivity index (χ0v) is 16.9. The molecule has 1 heterocycles. The highest BCUT2D eigenvalue weighted by Gasteiger charge is 2.10. The molecule has 0 saturated heterocycles. The number of hydroxylamine groups is 1. The molecule has 0 spiro atoms. The molecule has 0 radical (unpaired) electrons. The van der Waals surface area contributed by atoms with E-state index in [0.717, 1.165) is 23.5 Å². The zero-order chi connectivity index (χ0) is 21.2. The summed E-state index contributed by atoms with van der Waals surface area (Å²) in [5.74, 6) is 1.96. The first kappa shape index (κ1) is 21.6. The van der Waals surface area contributed by atoms with Gasteiger partial charge in [0.1, 0.15) is 17.4 Å². The summed E-state index contributed by atoms with van der Waals surface area (Å²) in [6.45, 7) is 3.60. The molecule has 3 N–H and O–H groups in total. The Morgan fingerprint density at radius 2 is 1.93 bits per heavy atom. The molecule has 0 bridgehead atoms. The van der Waals surface area contributed by atoms with Crippen molar-refractivity contribution in [3.63, 3.8) is 0 Å². The van der Waals surface area contributed by atoms with Crippen LogP contribution in [0.15, 0.2) is 59.6 Å². The molecular weight excluding hydrogens is 370 g/mol. The van der Waals surface area contributed by atoms with E-state index in [0.29, 0.717) is 22.8 Å². The number of carbonyl (C=O) groups is 1. The third kappa shape index (κ3) is 5.91. The second kappa shape index (κ2) is 10.6. The van der Waals surface area contributed by atoms with Gasteiger partial charge in [0.2, 0.25) is 0 Å². The van der Waals surface area contributed by atoms with Gasteiger partial charge in [-0.25, -0.2) is 4.68 Å². The Bertz CT molecular complexity index is 968. The molecular formula is C21H25N5O3. The van der Waals surface area contributed by atoms with Gasteiger partial charge in [-0.2, -0.15) is 5.10 Å². The number of methoxy groups -OCH3 is 1. The largest absolute Gasteiger partial charge is 0.497 e. The molecule has 8 heteroatoms. The number of anilines is 2. The Morgan fingerprint density at radius 3 is 2.48 bits per heavy atom. The molecule has 0 unspecified atom stereocenters. The van der Waals surface area contributed by atoms with Gasteiger partial charge in [-0.05, 0) is 44.2 Å². The number of benzene rings is 2. The molecule has 0 aliphatic heterocycles. The molecule has 3 rings (SSSR count). The topological polar surface area (TPSA) is 101 Å². The number of aliphatic imine (C=N–C) groups is 1. The van der Waals surface area contributed by atoms with Crippen LogP contribution in [0.2, 0.25) is 0 Å². The fourth-order valence-electron chi connectivity index (χ4n) is 2.42. The molecule has 0 fully saturated rings. The predicted molar refractivity (Wildman–Crippen MR) is 114 cm³/mol. The van der Waals surface area contributed by atoms with Crippen LogP contribution < -0.4 is 15.5 Å². The minimum absolute atomic E-state index is 0.523. The second-order valence-corrected chi connectivity index (χ2v) is 6.04. The van der Waals surface area contributed by atoms with Crippen LogP contribution >= 0.6 is 0 Å². The van der Waals surface area contributed by atoms with Crippen molar-refractivity contribution in [1.29, 1.82) is 0 Å². The van der Waals surface area contributed by atoms with Crippen molar-refractivity contribution in [3.8, 4) is 11.4 Å². The number of carbonyl (C=O) groups excluding carboxylic acids is 1. The zero-order valence-electron chi connectivity index (χ0n) is 16.9. The summed E-state index contributed by atoms with van der Waals surface area (Å²) in [5.41, 5.74) is 4.94. The van der Waals surface area contributed by atoms with Gasteiger partial charge in [0.15, 0.2) is 6.29 Å². The molecule has 0 amide bonds. The van der Waals surface area contributed by atoms with E-state index in [1.807, 2.05) is 65.6 Å². The van der Waals surface area contributed by atoms with Gasteiger partial charge in [0.05, 0.1) is 24.2 Å². The summed E-state index contributed by atoms with van der Waals surface area (Å²) in [6, 6.07) is 17.1. The lowest BCUT2D eigenvalue weighted by atomic mass is 10.2. The highest BCUT2D eigenvalue weighted by Crippen LogP contribution is 2.26. The summed E-state index contributed by atoms with van der Waals surface area (Å²) in [6.07, 6.45) is 0.806.